The van der Waals surface area contributed by atoms with Crippen molar-refractivity contribution in [1.29, 1.82) is 0 Å². The summed E-state index contributed by atoms with van der Waals surface area (Å²) < 4.78 is 25.3. The number of aliphatic hydroxyl groups is 1. The summed E-state index contributed by atoms with van der Waals surface area (Å²) in [6.07, 6.45) is 0.397. The monoisotopic (exact) mass is 278 g/mol. The van der Waals surface area contributed by atoms with E-state index < -0.39 is 22.6 Å². The number of para-hydroxylation sites is 1. The maximum absolute atomic E-state index is 13.7. The molecule has 1 aromatic carbocycles. The average Bonchev–Trinajstić information content (AvgIpc) is 2.78. The number of benzene rings is 1. The average molecular weight is 278 g/mol. The van der Waals surface area contributed by atoms with Crippen LogP contribution in [0.5, 0.6) is 0 Å². The predicted octanol–water partition coefficient (Wildman–Crippen LogP) is 3.74. The van der Waals surface area contributed by atoms with Crippen LogP contribution in [0.15, 0.2) is 28.7 Å². The van der Waals surface area contributed by atoms with Crippen LogP contribution in [0.3, 0.4) is 0 Å². The molecule has 20 heavy (non-hydrogen) atoms. The number of hydrogen-bond acceptors (Lipinski definition) is 3. The fourth-order valence-corrected chi connectivity index (χ4v) is 3.26. The molecule has 1 aromatic heterocycles. The number of fused-ring (bicyclic) bond motifs is 1. The van der Waals surface area contributed by atoms with Gasteiger partial charge in [-0.2, -0.15) is 0 Å². The fourth-order valence-electron chi connectivity index (χ4n) is 3.26. The van der Waals surface area contributed by atoms with Crippen LogP contribution < -0.4 is 0 Å². The van der Waals surface area contributed by atoms with Gasteiger partial charge in [0.1, 0.15) is 5.76 Å². The molecule has 1 aliphatic heterocycles. The zero-order chi connectivity index (χ0) is 14.8. The Balaban J connectivity index is 2.17. The third-order valence-electron chi connectivity index (χ3n) is 4.11. The van der Waals surface area contributed by atoms with Crippen molar-refractivity contribution < 1.29 is 18.7 Å². The normalized spacial score (nSPS) is 28.1. The summed E-state index contributed by atoms with van der Waals surface area (Å²) in [6.45, 7) is 7.50. The van der Waals surface area contributed by atoms with Gasteiger partial charge in [-0.3, -0.25) is 0 Å². The van der Waals surface area contributed by atoms with Crippen molar-refractivity contribution in [3.63, 3.8) is 0 Å². The number of rotatable bonds is 1. The van der Waals surface area contributed by atoms with E-state index in [2.05, 4.69) is 0 Å². The first-order chi connectivity index (χ1) is 9.15. The Kier molecular flexibility index (Phi) is 2.60. The van der Waals surface area contributed by atoms with Gasteiger partial charge < -0.3 is 14.3 Å². The van der Waals surface area contributed by atoms with E-state index in [1.807, 2.05) is 27.7 Å². The van der Waals surface area contributed by atoms with Crippen molar-refractivity contribution >= 4 is 11.0 Å². The maximum Gasteiger partial charge on any atom is 0.170 e. The summed E-state index contributed by atoms with van der Waals surface area (Å²) in [5.74, 6) is -0.0680. The van der Waals surface area contributed by atoms with E-state index in [1.54, 1.807) is 18.2 Å². The second kappa shape index (κ2) is 3.83. The van der Waals surface area contributed by atoms with Crippen LogP contribution in [0.2, 0.25) is 0 Å². The van der Waals surface area contributed by atoms with Crippen molar-refractivity contribution in [2.24, 2.45) is 0 Å². The molecular formula is C16H19FO3. The summed E-state index contributed by atoms with van der Waals surface area (Å²) >= 11 is 0. The Labute approximate surface area is 117 Å². The zero-order valence-electron chi connectivity index (χ0n) is 12.2. The van der Waals surface area contributed by atoms with Gasteiger partial charge in [0.2, 0.25) is 0 Å². The Morgan fingerprint density at radius 3 is 2.45 bits per heavy atom. The predicted molar refractivity (Wildman–Crippen MR) is 73.9 cm³/mol. The Morgan fingerprint density at radius 2 is 1.90 bits per heavy atom. The Morgan fingerprint density at radius 1 is 1.20 bits per heavy atom. The van der Waals surface area contributed by atoms with Crippen LogP contribution in [0, 0.1) is 5.82 Å². The first kappa shape index (κ1) is 13.6. The largest absolute Gasteiger partial charge is 0.455 e. The lowest BCUT2D eigenvalue weighted by Gasteiger charge is -2.33. The molecule has 0 radical (unpaired) electrons. The highest BCUT2D eigenvalue weighted by Gasteiger charge is 2.59. The molecule has 0 amide bonds. The van der Waals surface area contributed by atoms with Crippen molar-refractivity contribution in [3.05, 3.63) is 35.8 Å². The molecule has 1 saturated heterocycles. The summed E-state index contributed by atoms with van der Waals surface area (Å²) in [7, 11) is 0. The van der Waals surface area contributed by atoms with E-state index in [4.69, 9.17) is 9.15 Å². The molecule has 3 rings (SSSR count). The van der Waals surface area contributed by atoms with Crippen molar-refractivity contribution in [2.45, 2.75) is 50.9 Å². The topological polar surface area (TPSA) is 42.6 Å². The van der Waals surface area contributed by atoms with E-state index >= 15 is 0 Å². The van der Waals surface area contributed by atoms with Crippen LogP contribution >= 0.6 is 0 Å². The number of ether oxygens (including phenoxy) is 1. The van der Waals surface area contributed by atoms with Crippen molar-refractivity contribution in [2.75, 3.05) is 0 Å². The first-order valence-corrected chi connectivity index (χ1v) is 6.76. The minimum absolute atomic E-state index is 0.177. The first-order valence-electron chi connectivity index (χ1n) is 6.76. The van der Waals surface area contributed by atoms with Crippen molar-refractivity contribution in [1.82, 2.24) is 0 Å². The number of furan rings is 1. The highest BCUT2D eigenvalue weighted by Crippen LogP contribution is 2.51. The quantitative estimate of drug-likeness (QED) is 0.864. The minimum atomic E-state index is -1.28. The van der Waals surface area contributed by atoms with Crippen LogP contribution in [0.25, 0.3) is 11.0 Å². The van der Waals surface area contributed by atoms with Gasteiger partial charge in [0.05, 0.1) is 11.2 Å². The molecule has 1 atom stereocenters. The fraction of sp³-hybridized carbons (Fsp3) is 0.500. The molecule has 2 aromatic rings. The van der Waals surface area contributed by atoms with Crippen molar-refractivity contribution in [3.8, 4) is 0 Å². The molecule has 108 valence electrons. The van der Waals surface area contributed by atoms with E-state index in [-0.39, 0.29) is 5.58 Å². The molecular weight excluding hydrogens is 259 g/mol. The van der Waals surface area contributed by atoms with Gasteiger partial charge in [-0.15, -0.1) is 0 Å². The molecule has 0 saturated carbocycles. The lowest BCUT2D eigenvalue weighted by molar-refractivity contribution is -0.136. The van der Waals surface area contributed by atoms with Gasteiger partial charge in [0.15, 0.2) is 17.0 Å². The van der Waals surface area contributed by atoms with E-state index in [0.29, 0.717) is 17.6 Å². The number of halogens is 1. The number of hydrogen-bond donors (Lipinski definition) is 1. The molecule has 0 aliphatic carbocycles. The SMILES string of the molecule is CC1(C)CC(O)(c2cc3cccc(F)c3o2)C(C)(C)O1. The highest BCUT2D eigenvalue weighted by atomic mass is 19.1. The Hall–Kier alpha value is -1.39. The molecule has 1 N–H and O–H groups in total. The van der Waals surface area contributed by atoms with E-state index in [1.165, 1.54) is 6.07 Å². The van der Waals surface area contributed by atoms with Gasteiger partial charge >= 0.3 is 0 Å². The summed E-state index contributed by atoms with van der Waals surface area (Å²) in [6, 6.07) is 6.44. The van der Waals surface area contributed by atoms with Gasteiger partial charge in [0.25, 0.3) is 0 Å². The minimum Gasteiger partial charge on any atom is -0.455 e. The lowest BCUT2D eigenvalue weighted by Crippen LogP contribution is -2.43. The van der Waals surface area contributed by atoms with E-state index in [9.17, 15) is 9.50 Å². The third kappa shape index (κ3) is 1.79. The molecule has 0 spiro atoms. The van der Waals surface area contributed by atoms with Gasteiger partial charge in [0, 0.05) is 11.8 Å². The summed E-state index contributed by atoms with van der Waals surface area (Å²) in [4.78, 5) is 0. The molecule has 1 fully saturated rings. The summed E-state index contributed by atoms with van der Waals surface area (Å²) in [5, 5.41) is 11.7. The van der Waals surface area contributed by atoms with Gasteiger partial charge in [-0.1, -0.05) is 12.1 Å². The molecule has 3 nitrogen and oxygen atoms in total. The van der Waals surface area contributed by atoms with Gasteiger partial charge in [-0.05, 0) is 39.8 Å². The highest BCUT2D eigenvalue weighted by molar-refractivity contribution is 5.78. The maximum atomic E-state index is 13.7. The molecule has 1 aliphatic rings. The lowest BCUT2D eigenvalue weighted by atomic mass is 9.80. The summed E-state index contributed by atoms with van der Waals surface area (Å²) in [5.41, 5.74) is -2.37. The third-order valence-corrected chi connectivity index (χ3v) is 4.11. The van der Waals surface area contributed by atoms with Crippen LogP contribution in [0.1, 0.15) is 39.9 Å². The molecule has 2 heterocycles. The molecule has 1 unspecified atom stereocenters. The molecule has 0 bridgehead atoms. The molecule has 4 heteroatoms. The second-order valence-corrected chi connectivity index (χ2v) is 6.68. The standard InChI is InChI=1S/C16H19FO3/c1-14(2)9-16(18,15(3,4)20-14)12-8-10-6-5-7-11(17)13(10)19-12/h5-8,18H,9H2,1-4H3. The second-order valence-electron chi connectivity index (χ2n) is 6.68. The van der Waals surface area contributed by atoms with E-state index in [0.717, 1.165) is 0 Å². The smallest absolute Gasteiger partial charge is 0.170 e. The van der Waals surface area contributed by atoms with Gasteiger partial charge in [-0.25, -0.2) is 4.39 Å². The van der Waals surface area contributed by atoms with Crippen LogP contribution in [-0.4, -0.2) is 16.3 Å². The van der Waals surface area contributed by atoms with Crippen LogP contribution in [0.4, 0.5) is 4.39 Å². The zero-order valence-corrected chi connectivity index (χ0v) is 12.2. The van der Waals surface area contributed by atoms with Crippen LogP contribution in [-0.2, 0) is 10.3 Å². The Bertz CT molecular complexity index is 671.